The molecular formula is C22H23N3O3S. The Morgan fingerprint density at radius 3 is 2.66 bits per heavy atom. The second kappa shape index (κ2) is 10.4. The molecule has 0 unspecified atom stereocenters. The Morgan fingerprint density at radius 2 is 1.97 bits per heavy atom. The number of aromatic nitrogens is 1. The van der Waals surface area contributed by atoms with Crippen molar-refractivity contribution in [3.05, 3.63) is 70.4 Å². The highest BCUT2D eigenvalue weighted by Crippen LogP contribution is 2.21. The van der Waals surface area contributed by atoms with Gasteiger partial charge in [0.15, 0.2) is 0 Å². The van der Waals surface area contributed by atoms with E-state index in [1.807, 2.05) is 6.92 Å². The van der Waals surface area contributed by atoms with Crippen molar-refractivity contribution in [2.75, 3.05) is 13.1 Å². The summed E-state index contributed by atoms with van der Waals surface area (Å²) in [6, 6.07) is 11.7. The summed E-state index contributed by atoms with van der Waals surface area (Å²) in [5.74, 6) is 0.257. The molecule has 0 saturated carbocycles. The molecule has 0 aliphatic rings. The maximum atomic E-state index is 11.9. The number of nitrogens with zero attached hydrogens (tertiary/aromatic N) is 1. The lowest BCUT2D eigenvalue weighted by molar-refractivity contribution is -0.121. The number of rotatable bonds is 9. The number of thiazole rings is 1. The summed E-state index contributed by atoms with van der Waals surface area (Å²) < 4.78 is 5.10. The standard InChI is InChI=1S/C22H23N3O3S/c1-16-25-20(15-29-16)18-6-4-17(5-7-18)10-12-23-22(27)11-13-24-21(26)9-8-19-3-2-14-28-19/h2-9,14-15H,10-13H2,1H3,(H,23,27)(H,24,26). The lowest BCUT2D eigenvalue weighted by Crippen LogP contribution is -2.31. The number of hydrogen-bond acceptors (Lipinski definition) is 5. The molecule has 150 valence electrons. The van der Waals surface area contributed by atoms with E-state index in [2.05, 4.69) is 45.3 Å². The molecule has 2 amide bonds. The van der Waals surface area contributed by atoms with Crippen LogP contribution in [0, 0.1) is 6.92 Å². The van der Waals surface area contributed by atoms with Crippen LogP contribution in [0.3, 0.4) is 0 Å². The summed E-state index contributed by atoms with van der Waals surface area (Å²) in [5.41, 5.74) is 3.24. The van der Waals surface area contributed by atoms with Crippen molar-refractivity contribution in [3.8, 4) is 11.3 Å². The van der Waals surface area contributed by atoms with Crippen molar-refractivity contribution >= 4 is 29.2 Å². The molecule has 1 aromatic carbocycles. The van der Waals surface area contributed by atoms with Crippen molar-refractivity contribution in [2.24, 2.45) is 0 Å². The molecular weight excluding hydrogens is 386 g/mol. The molecule has 0 atom stereocenters. The van der Waals surface area contributed by atoms with Gasteiger partial charge in [0, 0.05) is 36.5 Å². The predicted octanol–water partition coefficient (Wildman–Crippen LogP) is 3.59. The average molecular weight is 410 g/mol. The highest BCUT2D eigenvalue weighted by molar-refractivity contribution is 7.09. The number of nitrogens with one attached hydrogen (secondary N) is 2. The largest absolute Gasteiger partial charge is 0.465 e. The molecule has 0 bridgehead atoms. The van der Waals surface area contributed by atoms with E-state index in [-0.39, 0.29) is 24.8 Å². The maximum Gasteiger partial charge on any atom is 0.244 e. The summed E-state index contributed by atoms with van der Waals surface area (Å²) in [7, 11) is 0. The first-order valence-electron chi connectivity index (χ1n) is 9.38. The minimum absolute atomic E-state index is 0.0881. The Hall–Kier alpha value is -3.19. The Labute approximate surface area is 173 Å². The predicted molar refractivity (Wildman–Crippen MR) is 114 cm³/mol. The minimum atomic E-state index is -0.260. The molecule has 2 aromatic heterocycles. The Kier molecular flexibility index (Phi) is 7.35. The van der Waals surface area contributed by atoms with Gasteiger partial charge in [0.05, 0.1) is 17.0 Å². The Bertz CT molecular complexity index is 960. The molecule has 0 aliphatic carbocycles. The van der Waals surface area contributed by atoms with E-state index in [1.165, 1.54) is 12.3 Å². The van der Waals surface area contributed by atoms with Crippen molar-refractivity contribution < 1.29 is 14.0 Å². The van der Waals surface area contributed by atoms with Crippen LogP contribution in [0.25, 0.3) is 17.3 Å². The first kappa shape index (κ1) is 20.5. The van der Waals surface area contributed by atoms with E-state index in [4.69, 9.17) is 4.42 Å². The first-order chi connectivity index (χ1) is 14.1. The summed E-state index contributed by atoms with van der Waals surface area (Å²) in [6.45, 7) is 2.84. The summed E-state index contributed by atoms with van der Waals surface area (Å²) in [6.07, 6.45) is 5.49. The molecule has 29 heavy (non-hydrogen) atoms. The average Bonchev–Trinajstić information content (AvgIpc) is 3.39. The van der Waals surface area contributed by atoms with Crippen LogP contribution in [0.5, 0.6) is 0 Å². The van der Waals surface area contributed by atoms with Gasteiger partial charge in [0.1, 0.15) is 5.76 Å². The molecule has 2 N–H and O–H groups in total. The number of carbonyl (C=O) groups excluding carboxylic acids is 2. The second-order valence-corrected chi connectivity index (χ2v) is 7.50. The van der Waals surface area contributed by atoms with Gasteiger partial charge in [0.25, 0.3) is 0 Å². The molecule has 0 saturated heterocycles. The first-order valence-corrected chi connectivity index (χ1v) is 10.3. The van der Waals surface area contributed by atoms with E-state index >= 15 is 0 Å². The third-order valence-electron chi connectivity index (χ3n) is 4.20. The molecule has 6 nitrogen and oxygen atoms in total. The van der Waals surface area contributed by atoms with E-state index in [0.29, 0.717) is 12.3 Å². The molecule has 0 spiro atoms. The lowest BCUT2D eigenvalue weighted by atomic mass is 10.1. The number of aryl methyl sites for hydroxylation is 1. The zero-order valence-corrected chi connectivity index (χ0v) is 17.0. The van der Waals surface area contributed by atoms with Crippen LogP contribution in [0.4, 0.5) is 0 Å². The van der Waals surface area contributed by atoms with Gasteiger partial charge in [-0.1, -0.05) is 24.3 Å². The van der Waals surface area contributed by atoms with E-state index in [9.17, 15) is 9.59 Å². The fourth-order valence-corrected chi connectivity index (χ4v) is 3.30. The van der Waals surface area contributed by atoms with Gasteiger partial charge < -0.3 is 15.1 Å². The molecule has 2 heterocycles. The SMILES string of the molecule is Cc1nc(-c2ccc(CCNC(=O)CCNC(=O)C=Cc3ccco3)cc2)cs1. The molecule has 7 heteroatoms. The zero-order chi connectivity index (χ0) is 20.5. The normalized spacial score (nSPS) is 10.9. The van der Waals surface area contributed by atoms with Crippen LogP contribution >= 0.6 is 11.3 Å². The topological polar surface area (TPSA) is 84.2 Å². The van der Waals surface area contributed by atoms with Crippen molar-refractivity contribution in [3.63, 3.8) is 0 Å². The quantitative estimate of drug-likeness (QED) is 0.529. The van der Waals surface area contributed by atoms with Crippen molar-refractivity contribution in [1.82, 2.24) is 15.6 Å². The maximum absolute atomic E-state index is 11.9. The van der Waals surface area contributed by atoms with Crippen LogP contribution in [0.15, 0.2) is 58.5 Å². The van der Waals surface area contributed by atoms with Gasteiger partial charge in [-0.25, -0.2) is 4.98 Å². The molecule has 0 fully saturated rings. The van der Waals surface area contributed by atoms with Crippen LogP contribution in [0.2, 0.25) is 0 Å². The van der Waals surface area contributed by atoms with E-state index in [1.54, 1.807) is 29.5 Å². The number of furan rings is 1. The van der Waals surface area contributed by atoms with Gasteiger partial charge in [-0.15, -0.1) is 11.3 Å². The third kappa shape index (κ3) is 6.73. The van der Waals surface area contributed by atoms with E-state index in [0.717, 1.165) is 28.2 Å². The number of hydrogen-bond donors (Lipinski definition) is 2. The molecule has 3 aromatic rings. The number of carbonyl (C=O) groups is 2. The number of benzene rings is 1. The summed E-state index contributed by atoms with van der Waals surface area (Å²) >= 11 is 1.64. The molecule has 0 radical (unpaired) electrons. The zero-order valence-electron chi connectivity index (χ0n) is 16.2. The monoisotopic (exact) mass is 409 g/mol. The molecule has 3 rings (SSSR count). The van der Waals surface area contributed by atoms with Crippen molar-refractivity contribution in [2.45, 2.75) is 19.8 Å². The summed E-state index contributed by atoms with van der Waals surface area (Å²) in [5, 5.41) is 8.65. The minimum Gasteiger partial charge on any atom is -0.465 e. The van der Waals surface area contributed by atoms with Gasteiger partial charge in [-0.05, 0) is 37.1 Å². The Morgan fingerprint density at radius 1 is 1.14 bits per heavy atom. The lowest BCUT2D eigenvalue weighted by Gasteiger charge is -2.06. The van der Waals surface area contributed by atoms with Crippen LogP contribution in [-0.4, -0.2) is 29.9 Å². The number of amides is 2. The highest BCUT2D eigenvalue weighted by atomic mass is 32.1. The second-order valence-electron chi connectivity index (χ2n) is 6.44. The van der Waals surface area contributed by atoms with Crippen LogP contribution in [-0.2, 0) is 16.0 Å². The Balaban J connectivity index is 1.32. The highest BCUT2D eigenvalue weighted by Gasteiger charge is 2.04. The van der Waals surface area contributed by atoms with Crippen molar-refractivity contribution in [1.29, 1.82) is 0 Å². The van der Waals surface area contributed by atoms with Crippen LogP contribution < -0.4 is 10.6 Å². The van der Waals surface area contributed by atoms with Gasteiger partial charge >= 0.3 is 0 Å². The van der Waals surface area contributed by atoms with E-state index < -0.39 is 0 Å². The summed E-state index contributed by atoms with van der Waals surface area (Å²) in [4.78, 5) is 28.1. The molecule has 0 aliphatic heterocycles. The van der Waals surface area contributed by atoms with Gasteiger partial charge in [-0.3, -0.25) is 9.59 Å². The van der Waals surface area contributed by atoms with Crippen LogP contribution in [0.1, 0.15) is 22.8 Å². The fraction of sp³-hybridized carbons (Fsp3) is 0.227. The third-order valence-corrected chi connectivity index (χ3v) is 4.97. The van der Waals surface area contributed by atoms with Gasteiger partial charge in [0.2, 0.25) is 11.8 Å². The van der Waals surface area contributed by atoms with Gasteiger partial charge in [-0.2, -0.15) is 0 Å². The fourth-order valence-electron chi connectivity index (χ4n) is 2.67. The smallest absolute Gasteiger partial charge is 0.244 e.